The van der Waals surface area contributed by atoms with Gasteiger partial charge in [0.1, 0.15) is 0 Å². The highest BCUT2D eigenvalue weighted by Crippen LogP contribution is 2.31. The summed E-state index contributed by atoms with van der Waals surface area (Å²) in [6, 6.07) is 5.02. The lowest BCUT2D eigenvalue weighted by atomic mass is 9.98. The van der Waals surface area contributed by atoms with Gasteiger partial charge in [-0.05, 0) is 50.3 Å². The average molecular weight is 450 g/mol. The molecule has 150 valence electrons. The Hall–Kier alpha value is -2.22. The lowest BCUT2D eigenvalue weighted by molar-refractivity contribution is -0.125. The number of fused-ring (bicyclic) bond motifs is 1. The second kappa shape index (κ2) is 8.86. The molecule has 0 radical (unpaired) electrons. The molecule has 0 spiro atoms. The number of nitrogens with zero attached hydrogens (tertiary/aromatic N) is 2. The molecule has 3 rings (SSSR count). The van der Waals surface area contributed by atoms with Gasteiger partial charge >= 0.3 is 0 Å². The number of hydrogen-bond acceptors (Lipinski definition) is 5. The Morgan fingerprint density at radius 3 is 2.57 bits per heavy atom. The Bertz CT molecular complexity index is 790. The predicted octanol–water partition coefficient (Wildman–Crippen LogP) is 2.34. The Kier molecular flexibility index (Phi) is 6.49. The number of halogens is 1. The second-order valence-corrected chi connectivity index (χ2v) is 8.02. The van der Waals surface area contributed by atoms with E-state index in [2.05, 4.69) is 26.1 Å². The van der Waals surface area contributed by atoms with Crippen LogP contribution < -0.4 is 10.2 Å². The van der Waals surface area contributed by atoms with E-state index >= 15 is 0 Å². The van der Waals surface area contributed by atoms with E-state index in [-0.39, 0.29) is 18.2 Å². The summed E-state index contributed by atoms with van der Waals surface area (Å²) in [6.45, 7) is 3.61. The van der Waals surface area contributed by atoms with E-state index in [1.54, 1.807) is 13.0 Å². The fourth-order valence-electron chi connectivity index (χ4n) is 3.80. The molecular weight excluding hydrogens is 426 g/mol. The van der Waals surface area contributed by atoms with Crippen LogP contribution in [0.15, 0.2) is 18.2 Å². The van der Waals surface area contributed by atoms with E-state index < -0.39 is 11.9 Å². The third-order valence-electron chi connectivity index (χ3n) is 5.55. The van der Waals surface area contributed by atoms with E-state index in [1.807, 2.05) is 12.1 Å². The minimum atomic E-state index is -0.428. The third-order valence-corrected chi connectivity index (χ3v) is 6.46. The van der Waals surface area contributed by atoms with E-state index in [4.69, 9.17) is 0 Å². The van der Waals surface area contributed by atoms with Crippen molar-refractivity contribution in [1.82, 2.24) is 10.2 Å². The van der Waals surface area contributed by atoms with Crippen LogP contribution in [0.2, 0.25) is 0 Å². The van der Waals surface area contributed by atoms with Gasteiger partial charge in [0.2, 0.25) is 12.3 Å². The minimum Gasteiger partial charge on any atom is -0.371 e. The van der Waals surface area contributed by atoms with Crippen LogP contribution in [0.1, 0.15) is 53.3 Å². The molecule has 2 aliphatic rings. The first-order chi connectivity index (χ1) is 13.5. The first-order valence-electron chi connectivity index (χ1n) is 9.52. The fourth-order valence-corrected chi connectivity index (χ4v) is 4.44. The number of carbonyl (C=O) groups excluding carboxylic acids is 4. The second-order valence-electron chi connectivity index (χ2n) is 7.37. The van der Waals surface area contributed by atoms with Gasteiger partial charge in [0.05, 0.1) is 11.1 Å². The molecule has 0 aromatic heterocycles. The number of nitrogens with one attached hydrogen (secondary N) is 1. The highest BCUT2D eigenvalue weighted by atomic mass is 79.9. The maximum absolute atomic E-state index is 12.9. The molecule has 0 aliphatic carbocycles. The standard InChI is InChI=1S/C20H24BrN3O4/c1-13(2-5-18(26)22-12-25)24-19(27)16-4-3-15(10-17(16)20(24)28)23-8-6-14(11-21)7-9-23/h3-4,10,12-14H,2,5-9,11H2,1H3,(H,22,25,26). The maximum Gasteiger partial charge on any atom is 0.261 e. The summed E-state index contributed by atoms with van der Waals surface area (Å²) in [5, 5.41) is 3.08. The van der Waals surface area contributed by atoms with Gasteiger partial charge in [-0.2, -0.15) is 0 Å². The first kappa shape index (κ1) is 20.5. The van der Waals surface area contributed by atoms with Gasteiger partial charge in [0.25, 0.3) is 11.8 Å². The number of anilines is 1. The van der Waals surface area contributed by atoms with E-state index in [0.717, 1.165) is 36.9 Å². The number of alkyl halides is 1. The largest absolute Gasteiger partial charge is 0.371 e. The van der Waals surface area contributed by atoms with Crippen LogP contribution >= 0.6 is 15.9 Å². The van der Waals surface area contributed by atoms with Crippen molar-refractivity contribution in [2.24, 2.45) is 5.92 Å². The number of hydrogen-bond donors (Lipinski definition) is 1. The Labute approximate surface area is 172 Å². The fraction of sp³-hybridized carbons (Fsp3) is 0.500. The third kappa shape index (κ3) is 4.11. The van der Waals surface area contributed by atoms with Gasteiger partial charge < -0.3 is 4.90 Å². The summed E-state index contributed by atoms with van der Waals surface area (Å²) < 4.78 is 0. The molecule has 1 fully saturated rings. The van der Waals surface area contributed by atoms with Crippen LogP contribution in [-0.2, 0) is 9.59 Å². The molecule has 1 aromatic rings. The zero-order valence-electron chi connectivity index (χ0n) is 15.8. The molecule has 1 atom stereocenters. The lowest BCUT2D eigenvalue weighted by Gasteiger charge is -2.33. The normalized spacial score (nSPS) is 18.2. The number of piperidine rings is 1. The molecule has 1 unspecified atom stereocenters. The monoisotopic (exact) mass is 449 g/mol. The van der Waals surface area contributed by atoms with Gasteiger partial charge in [-0.25, -0.2) is 0 Å². The van der Waals surface area contributed by atoms with E-state index in [0.29, 0.717) is 29.9 Å². The van der Waals surface area contributed by atoms with Crippen LogP contribution in [0.5, 0.6) is 0 Å². The Morgan fingerprint density at radius 2 is 1.93 bits per heavy atom. The SMILES string of the molecule is CC(CCC(=O)NC=O)N1C(=O)c2ccc(N3CCC(CBr)CC3)cc2C1=O. The molecule has 0 bridgehead atoms. The van der Waals surface area contributed by atoms with E-state index in [9.17, 15) is 19.2 Å². The van der Waals surface area contributed by atoms with Gasteiger partial charge in [0.15, 0.2) is 0 Å². The lowest BCUT2D eigenvalue weighted by Crippen LogP contribution is -2.38. The quantitative estimate of drug-likeness (QED) is 0.392. The van der Waals surface area contributed by atoms with Crippen LogP contribution in [0, 0.1) is 5.92 Å². The number of imide groups is 2. The van der Waals surface area contributed by atoms with Crippen LogP contribution in [0.3, 0.4) is 0 Å². The highest BCUT2D eigenvalue weighted by molar-refractivity contribution is 9.09. The van der Waals surface area contributed by atoms with Crippen molar-refractivity contribution in [3.8, 4) is 0 Å². The number of amides is 4. The molecular formula is C20H24BrN3O4. The van der Waals surface area contributed by atoms with Crippen LogP contribution in [0.4, 0.5) is 5.69 Å². The van der Waals surface area contributed by atoms with Crippen LogP contribution in [0.25, 0.3) is 0 Å². The maximum atomic E-state index is 12.9. The molecule has 2 heterocycles. The number of benzene rings is 1. The van der Waals surface area contributed by atoms with Crippen molar-refractivity contribution in [1.29, 1.82) is 0 Å². The Morgan fingerprint density at radius 1 is 1.25 bits per heavy atom. The molecule has 1 aromatic carbocycles. The molecule has 2 aliphatic heterocycles. The zero-order valence-corrected chi connectivity index (χ0v) is 17.4. The number of carbonyl (C=O) groups is 4. The minimum absolute atomic E-state index is 0.0705. The summed E-state index contributed by atoms with van der Waals surface area (Å²) >= 11 is 3.54. The molecule has 28 heavy (non-hydrogen) atoms. The summed E-state index contributed by atoms with van der Waals surface area (Å²) in [4.78, 5) is 50.9. The number of rotatable bonds is 7. The van der Waals surface area contributed by atoms with Crippen molar-refractivity contribution in [3.05, 3.63) is 29.3 Å². The molecule has 0 saturated carbocycles. The molecule has 4 amide bonds. The predicted molar refractivity (Wildman–Crippen MR) is 109 cm³/mol. The van der Waals surface area contributed by atoms with Crippen molar-refractivity contribution in [2.75, 3.05) is 23.3 Å². The van der Waals surface area contributed by atoms with Crippen LogP contribution in [-0.4, -0.2) is 53.5 Å². The molecule has 1 saturated heterocycles. The summed E-state index contributed by atoms with van der Waals surface area (Å²) in [6.07, 6.45) is 2.90. The average Bonchev–Trinajstić information content (AvgIpc) is 2.96. The topological polar surface area (TPSA) is 86.8 Å². The zero-order chi connectivity index (χ0) is 20.3. The van der Waals surface area contributed by atoms with Gasteiger partial charge in [0, 0.05) is 36.6 Å². The first-order valence-corrected chi connectivity index (χ1v) is 10.6. The van der Waals surface area contributed by atoms with Crippen molar-refractivity contribution < 1.29 is 19.2 Å². The highest BCUT2D eigenvalue weighted by Gasteiger charge is 2.38. The van der Waals surface area contributed by atoms with Crippen molar-refractivity contribution >= 4 is 45.7 Å². The molecule has 8 heteroatoms. The van der Waals surface area contributed by atoms with Gasteiger partial charge in [-0.1, -0.05) is 15.9 Å². The van der Waals surface area contributed by atoms with Crippen molar-refractivity contribution in [2.45, 2.75) is 38.6 Å². The summed E-state index contributed by atoms with van der Waals surface area (Å²) in [7, 11) is 0. The summed E-state index contributed by atoms with van der Waals surface area (Å²) in [5.74, 6) is -0.386. The smallest absolute Gasteiger partial charge is 0.261 e. The van der Waals surface area contributed by atoms with Gasteiger partial charge in [-0.15, -0.1) is 0 Å². The Balaban J connectivity index is 1.71. The molecule has 7 nitrogen and oxygen atoms in total. The molecule has 1 N–H and O–H groups in total. The van der Waals surface area contributed by atoms with Crippen molar-refractivity contribution in [3.63, 3.8) is 0 Å². The van der Waals surface area contributed by atoms with E-state index in [1.165, 1.54) is 4.90 Å². The van der Waals surface area contributed by atoms with Gasteiger partial charge in [-0.3, -0.25) is 29.4 Å². The summed E-state index contributed by atoms with van der Waals surface area (Å²) in [5.41, 5.74) is 1.80.